The standard InChI is InChI=1S/C17H19N3O2/c1-11-6-16(20-10-19-11)17-15-7-14(22-12(2)9-21-3)5-4-13(15)8-18-17/h4-7,10,12H,8-9H2,1-3H3/t12-/m0/s1. The maximum Gasteiger partial charge on any atom is 0.120 e. The average molecular weight is 297 g/mol. The minimum absolute atomic E-state index is 0.00568. The zero-order chi connectivity index (χ0) is 15.5. The molecule has 2 heterocycles. The van der Waals surface area contributed by atoms with E-state index in [4.69, 9.17) is 9.47 Å². The number of ether oxygens (including phenoxy) is 2. The van der Waals surface area contributed by atoms with Gasteiger partial charge >= 0.3 is 0 Å². The molecule has 0 radical (unpaired) electrons. The molecule has 0 aliphatic carbocycles. The molecule has 1 aromatic heterocycles. The number of aromatic nitrogens is 2. The van der Waals surface area contributed by atoms with Crippen molar-refractivity contribution in [2.75, 3.05) is 13.7 Å². The highest BCUT2D eigenvalue weighted by atomic mass is 16.5. The predicted octanol–water partition coefficient (Wildman–Crippen LogP) is 2.55. The van der Waals surface area contributed by atoms with Crippen LogP contribution in [0.15, 0.2) is 35.6 Å². The van der Waals surface area contributed by atoms with E-state index >= 15 is 0 Å². The van der Waals surface area contributed by atoms with E-state index < -0.39 is 0 Å². The number of aliphatic imine (C=N–C) groups is 1. The van der Waals surface area contributed by atoms with Crippen molar-refractivity contribution < 1.29 is 9.47 Å². The smallest absolute Gasteiger partial charge is 0.120 e. The Hall–Kier alpha value is -2.27. The summed E-state index contributed by atoms with van der Waals surface area (Å²) in [5.41, 5.74) is 4.97. The molecule has 3 rings (SSSR count). The first-order valence-corrected chi connectivity index (χ1v) is 7.29. The molecule has 0 saturated carbocycles. The molecular formula is C17H19N3O2. The highest BCUT2D eigenvalue weighted by molar-refractivity contribution is 6.14. The Morgan fingerprint density at radius 3 is 2.86 bits per heavy atom. The third-order valence-electron chi connectivity index (χ3n) is 3.53. The van der Waals surface area contributed by atoms with Gasteiger partial charge in [-0.3, -0.25) is 4.99 Å². The monoisotopic (exact) mass is 297 g/mol. The molecule has 1 aromatic carbocycles. The molecule has 0 unspecified atom stereocenters. The molecule has 114 valence electrons. The van der Waals surface area contributed by atoms with E-state index in [2.05, 4.69) is 21.0 Å². The molecule has 0 saturated heterocycles. The van der Waals surface area contributed by atoms with Crippen LogP contribution in [0.3, 0.4) is 0 Å². The van der Waals surface area contributed by atoms with Crippen molar-refractivity contribution in [3.8, 4) is 5.75 Å². The molecule has 0 bridgehead atoms. The summed E-state index contributed by atoms with van der Waals surface area (Å²) in [5, 5.41) is 0. The van der Waals surface area contributed by atoms with Gasteiger partial charge in [-0.1, -0.05) is 6.07 Å². The van der Waals surface area contributed by atoms with Crippen molar-refractivity contribution in [3.63, 3.8) is 0 Å². The van der Waals surface area contributed by atoms with Gasteiger partial charge < -0.3 is 9.47 Å². The van der Waals surface area contributed by atoms with Gasteiger partial charge in [0.05, 0.1) is 24.6 Å². The van der Waals surface area contributed by atoms with Crippen molar-refractivity contribution in [1.82, 2.24) is 9.97 Å². The van der Waals surface area contributed by atoms with E-state index in [1.807, 2.05) is 32.0 Å². The molecule has 5 nitrogen and oxygen atoms in total. The SMILES string of the molecule is COC[C@H](C)Oc1ccc2c(c1)C(c1cc(C)ncn1)=NC2. The summed E-state index contributed by atoms with van der Waals surface area (Å²) < 4.78 is 11.0. The Bertz CT molecular complexity index is 713. The molecule has 0 N–H and O–H groups in total. The highest BCUT2D eigenvalue weighted by Gasteiger charge is 2.20. The molecule has 1 aliphatic rings. The number of nitrogens with zero attached hydrogens (tertiary/aromatic N) is 3. The second-order valence-corrected chi connectivity index (χ2v) is 5.41. The minimum Gasteiger partial charge on any atom is -0.488 e. The van der Waals surface area contributed by atoms with E-state index in [0.717, 1.165) is 28.4 Å². The van der Waals surface area contributed by atoms with Gasteiger partial charge in [0.1, 0.15) is 18.2 Å². The van der Waals surface area contributed by atoms with Gasteiger partial charge in [-0.2, -0.15) is 0 Å². The number of methoxy groups -OCH3 is 1. The quantitative estimate of drug-likeness (QED) is 0.851. The van der Waals surface area contributed by atoms with Crippen molar-refractivity contribution in [2.45, 2.75) is 26.5 Å². The van der Waals surface area contributed by atoms with Crippen molar-refractivity contribution in [1.29, 1.82) is 0 Å². The summed E-state index contributed by atoms with van der Waals surface area (Å²) in [7, 11) is 1.67. The first kappa shape index (κ1) is 14.7. The van der Waals surface area contributed by atoms with E-state index in [9.17, 15) is 0 Å². The summed E-state index contributed by atoms with van der Waals surface area (Å²) in [4.78, 5) is 13.1. The molecule has 22 heavy (non-hydrogen) atoms. The second-order valence-electron chi connectivity index (χ2n) is 5.41. The molecule has 1 aliphatic heterocycles. The number of aryl methyl sites for hydroxylation is 1. The molecule has 0 fully saturated rings. The Balaban J connectivity index is 1.89. The van der Waals surface area contributed by atoms with Crippen molar-refractivity contribution >= 4 is 5.71 Å². The maximum absolute atomic E-state index is 5.88. The largest absolute Gasteiger partial charge is 0.488 e. The van der Waals surface area contributed by atoms with Crippen LogP contribution in [0.4, 0.5) is 0 Å². The fourth-order valence-electron chi connectivity index (χ4n) is 2.54. The summed E-state index contributed by atoms with van der Waals surface area (Å²) >= 11 is 0. The van der Waals surface area contributed by atoms with E-state index in [1.165, 1.54) is 5.56 Å². The molecule has 0 amide bonds. The lowest BCUT2D eigenvalue weighted by atomic mass is 10.0. The van der Waals surface area contributed by atoms with Gasteiger partial charge in [-0.05, 0) is 37.6 Å². The topological polar surface area (TPSA) is 56.6 Å². The number of rotatable bonds is 5. The van der Waals surface area contributed by atoms with Gasteiger partial charge in [-0.15, -0.1) is 0 Å². The van der Waals surface area contributed by atoms with Crippen molar-refractivity contribution in [2.24, 2.45) is 4.99 Å². The second kappa shape index (κ2) is 6.23. The predicted molar refractivity (Wildman–Crippen MR) is 84.5 cm³/mol. The van der Waals surface area contributed by atoms with Gasteiger partial charge in [0.25, 0.3) is 0 Å². The van der Waals surface area contributed by atoms with Crippen molar-refractivity contribution in [3.05, 3.63) is 53.1 Å². The lowest BCUT2D eigenvalue weighted by Crippen LogP contribution is -2.18. The fraction of sp³-hybridized carbons (Fsp3) is 0.353. The Morgan fingerprint density at radius 1 is 1.23 bits per heavy atom. The first-order chi connectivity index (χ1) is 10.7. The highest BCUT2D eigenvalue weighted by Crippen LogP contribution is 2.27. The van der Waals surface area contributed by atoms with E-state index in [1.54, 1.807) is 13.4 Å². The summed E-state index contributed by atoms with van der Waals surface area (Å²) in [6.45, 7) is 5.18. The molecular weight excluding hydrogens is 278 g/mol. The lowest BCUT2D eigenvalue weighted by molar-refractivity contribution is 0.0921. The Kier molecular flexibility index (Phi) is 4.15. The third kappa shape index (κ3) is 2.99. The fourth-order valence-corrected chi connectivity index (χ4v) is 2.54. The normalized spacial score (nSPS) is 14.4. The van der Waals surface area contributed by atoms with Gasteiger partial charge in [0.15, 0.2) is 0 Å². The number of fused-ring (bicyclic) bond motifs is 1. The Morgan fingerprint density at radius 2 is 2.09 bits per heavy atom. The molecule has 1 atom stereocenters. The molecule has 2 aromatic rings. The third-order valence-corrected chi connectivity index (χ3v) is 3.53. The van der Waals surface area contributed by atoms with Gasteiger partial charge in [-0.25, -0.2) is 9.97 Å². The van der Waals surface area contributed by atoms with Crippen LogP contribution in [0.5, 0.6) is 5.75 Å². The van der Waals surface area contributed by atoms with Crippen LogP contribution in [0.2, 0.25) is 0 Å². The lowest BCUT2D eigenvalue weighted by Gasteiger charge is -2.14. The van der Waals surface area contributed by atoms with Crippen LogP contribution in [-0.4, -0.2) is 35.5 Å². The minimum atomic E-state index is 0.00568. The van der Waals surface area contributed by atoms with Crippen LogP contribution in [0, 0.1) is 6.92 Å². The van der Waals surface area contributed by atoms with Gasteiger partial charge in [0, 0.05) is 18.4 Å². The first-order valence-electron chi connectivity index (χ1n) is 7.29. The zero-order valence-corrected chi connectivity index (χ0v) is 13.0. The summed E-state index contributed by atoms with van der Waals surface area (Å²) in [5.74, 6) is 0.823. The maximum atomic E-state index is 5.88. The van der Waals surface area contributed by atoms with Crippen LogP contribution in [0.25, 0.3) is 0 Å². The summed E-state index contributed by atoms with van der Waals surface area (Å²) in [6.07, 6.45) is 1.58. The Labute approximate surface area is 130 Å². The van der Waals surface area contributed by atoms with E-state index in [0.29, 0.717) is 13.2 Å². The van der Waals surface area contributed by atoms with Gasteiger partial charge in [0.2, 0.25) is 0 Å². The molecule has 0 spiro atoms. The molecule has 5 heteroatoms. The van der Waals surface area contributed by atoms with E-state index in [-0.39, 0.29) is 6.10 Å². The van der Waals surface area contributed by atoms with Crippen LogP contribution >= 0.6 is 0 Å². The average Bonchev–Trinajstić information content (AvgIpc) is 2.90. The van der Waals surface area contributed by atoms with Crippen LogP contribution < -0.4 is 4.74 Å². The summed E-state index contributed by atoms with van der Waals surface area (Å²) in [6, 6.07) is 8.03. The number of hydrogen-bond donors (Lipinski definition) is 0. The number of hydrogen-bond acceptors (Lipinski definition) is 5. The zero-order valence-electron chi connectivity index (χ0n) is 13.0. The number of benzene rings is 1. The van der Waals surface area contributed by atoms with Crippen LogP contribution in [0.1, 0.15) is 29.4 Å². The van der Waals surface area contributed by atoms with Crippen LogP contribution in [-0.2, 0) is 11.3 Å².